The zero-order valence-electron chi connectivity index (χ0n) is 7.66. The van der Waals surface area contributed by atoms with Gasteiger partial charge in [-0.2, -0.15) is 0 Å². The van der Waals surface area contributed by atoms with Gasteiger partial charge in [-0.15, -0.1) is 5.10 Å². The highest BCUT2D eigenvalue weighted by molar-refractivity contribution is 5.97. The number of nitrogens with zero attached hydrogens (tertiary/aromatic N) is 1. The summed E-state index contributed by atoms with van der Waals surface area (Å²) in [6.07, 6.45) is 0.0497. The van der Waals surface area contributed by atoms with E-state index >= 15 is 0 Å². The molecule has 0 aliphatic carbocycles. The lowest BCUT2D eigenvalue weighted by molar-refractivity contribution is -0.116. The summed E-state index contributed by atoms with van der Waals surface area (Å²) in [5, 5.41) is 3.50. The van der Waals surface area contributed by atoms with E-state index in [9.17, 15) is 9.59 Å². The quantitative estimate of drug-likeness (QED) is 0.368. The molecule has 2 amide bonds. The molecule has 0 aromatic rings. The fourth-order valence-corrected chi connectivity index (χ4v) is 0.620. The van der Waals surface area contributed by atoms with Gasteiger partial charge in [0.15, 0.2) is 0 Å². The molecule has 0 aromatic carbocycles. The van der Waals surface area contributed by atoms with Crippen molar-refractivity contribution in [3.63, 3.8) is 0 Å². The second kappa shape index (κ2) is 5.99. The van der Waals surface area contributed by atoms with E-state index in [-0.39, 0.29) is 18.1 Å². The predicted molar refractivity (Wildman–Crippen MR) is 47.1 cm³/mol. The summed E-state index contributed by atoms with van der Waals surface area (Å²) in [6, 6.07) is -0.791. The van der Waals surface area contributed by atoms with E-state index < -0.39 is 6.03 Å². The number of nitrogens with two attached hydrogens (primary N) is 1. The molecule has 6 heteroatoms. The second-order valence-corrected chi connectivity index (χ2v) is 2.29. The van der Waals surface area contributed by atoms with Gasteiger partial charge in [-0.3, -0.25) is 4.79 Å². The molecule has 0 aromatic heterocycles. The molecule has 3 N–H and O–H groups in total. The number of Topliss-reactive ketones (excluding diaryl/α,β-unsaturated/α-hetero) is 1. The molecule has 0 bridgehead atoms. The molecule has 0 saturated heterocycles. The van der Waals surface area contributed by atoms with Crippen molar-refractivity contribution >= 4 is 17.7 Å². The Morgan fingerprint density at radius 1 is 1.54 bits per heavy atom. The van der Waals surface area contributed by atoms with Crippen molar-refractivity contribution in [1.29, 1.82) is 0 Å². The maximum atomic E-state index is 10.7. The number of carbonyl (C=O) groups excluding carboxylic acids is 2. The first-order chi connectivity index (χ1) is 6.06. The number of hydrogen-bond acceptors (Lipinski definition) is 4. The van der Waals surface area contributed by atoms with E-state index in [1.807, 2.05) is 5.43 Å². The van der Waals surface area contributed by atoms with Crippen LogP contribution in [0.1, 0.15) is 20.3 Å². The number of hydrogen-bond donors (Lipinski definition) is 2. The third-order valence-corrected chi connectivity index (χ3v) is 1.00. The van der Waals surface area contributed by atoms with E-state index in [4.69, 9.17) is 10.5 Å². The fourth-order valence-electron chi connectivity index (χ4n) is 0.620. The third kappa shape index (κ3) is 6.79. The van der Waals surface area contributed by atoms with Crippen molar-refractivity contribution < 1.29 is 14.3 Å². The Kier molecular flexibility index (Phi) is 5.25. The van der Waals surface area contributed by atoms with Crippen LogP contribution in [0.5, 0.6) is 0 Å². The molecule has 0 atom stereocenters. The highest BCUT2D eigenvalue weighted by Gasteiger charge is 2.04. The highest BCUT2D eigenvalue weighted by Crippen LogP contribution is 1.90. The van der Waals surface area contributed by atoms with Crippen molar-refractivity contribution in [3.8, 4) is 0 Å². The number of urea groups is 1. The number of hydrazone groups is 1. The zero-order chi connectivity index (χ0) is 10.3. The van der Waals surface area contributed by atoms with Crippen LogP contribution in [0.4, 0.5) is 4.79 Å². The van der Waals surface area contributed by atoms with Gasteiger partial charge in [0, 0.05) is 0 Å². The number of nitrogens with one attached hydrogen (secondary N) is 1. The first-order valence-corrected chi connectivity index (χ1v) is 3.80. The van der Waals surface area contributed by atoms with Gasteiger partial charge < -0.3 is 10.5 Å². The molecular weight excluding hydrogens is 174 g/mol. The monoisotopic (exact) mass is 187 g/mol. The highest BCUT2D eigenvalue weighted by atomic mass is 16.5. The van der Waals surface area contributed by atoms with Gasteiger partial charge in [0.05, 0.1) is 13.0 Å². The van der Waals surface area contributed by atoms with Crippen molar-refractivity contribution in [2.24, 2.45) is 10.8 Å². The van der Waals surface area contributed by atoms with E-state index in [0.29, 0.717) is 6.61 Å². The number of ketones is 1. The van der Waals surface area contributed by atoms with E-state index in [1.165, 1.54) is 6.92 Å². The Labute approximate surface area is 76.1 Å². The lowest BCUT2D eigenvalue weighted by Gasteiger charge is -2.04. The average molecular weight is 187 g/mol. The summed E-state index contributed by atoms with van der Waals surface area (Å²) in [5.74, 6) is 0.0623. The number of rotatable bonds is 4. The smallest absolute Gasteiger partial charge is 0.332 e. The Morgan fingerprint density at radius 3 is 2.54 bits per heavy atom. The van der Waals surface area contributed by atoms with Crippen LogP contribution in [0.15, 0.2) is 5.10 Å². The van der Waals surface area contributed by atoms with Crippen LogP contribution in [0.25, 0.3) is 0 Å². The molecule has 0 radical (unpaired) electrons. The lowest BCUT2D eigenvalue weighted by atomic mass is 10.3. The second-order valence-electron chi connectivity index (χ2n) is 2.29. The van der Waals surface area contributed by atoms with Crippen LogP contribution >= 0.6 is 0 Å². The van der Waals surface area contributed by atoms with E-state index in [1.54, 1.807) is 6.92 Å². The lowest BCUT2D eigenvalue weighted by Crippen LogP contribution is -2.26. The number of ether oxygens (including phenoxy) is 1. The molecule has 0 spiro atoms. The van der Waals surface area contributed by atoms with Crippen molar-refractivity contribution in [2.45, 2.75) is 20.3 Å². The van der Waals surface area contributed by atoms with Gasteiger partial charge in [-0.05, 0) is 13.8 Å². The number of primary amides is 1. The topological polar surface area (TPSA) is 93.8 Å². The average Bonchev–Trinajstić information content (AvgIpc) is 1.99. The summed E-state index contributed by atoms with van der Waals surface area (Å²) in [4.78, 5) is 20.9. The largest absolute Gasteiger partial charge is 0.480 e. The maximum Gasteiger partial charge on any atom is 0.332 e. The molecule has 6 nitrogen and oxygen atoms in total. The molecule has 13 heavy (non-hydrogen) atoms. The molecule has 74 valence electrons. The number of amides is 2. The van der Waals surface area contributed by atoms with Crippen LogP contribution in [0, 0.1) is 0 Å². The first kappa shape index (κ1) is 11.4. The Morgan fingerprint density at radius 2 is 2.15 bits per heavy atom. The van der Waals surface area contributed by atoms with Crippen LogP contribution in [-0.2, 0) is 9.53 Å². The minimum absolute atomic E-state index is 0.0497. The molecule has 0 aliphatic heterocycles. The van der Waals surface area contributed by atoms with Crippen molar-refractivity contribution in [3.05, 3.63) is 0 Å². The SMILES string of the molecule is CCOC(CC(C)=O)=NNC(N)=O. The summed E-state index contributed by atoms with van der Waals surface area (Å²) in [6.45, 7) is 3.53. The Bertz CT molecular complexity index is 225. The van der Waals surface area contributed by atoms with Gasteiger partial charge in [0.2, 0.25) is 5.90 Å². The minimum Gasteiger partial charge on any atom is -0.480 e. The number of carbonyl (C=O) groups is 2. The molecule has 0 heterocycles. The third-order valence-electron chi connectivity index (χ3n) is 1.00. The summed E-state index contributed by atoms with van der Waals surface area (Å²) >= 11 is 0. The Hall–Kier alpha value is -1.59. The van der Waals surface area contributed by atoms with Gasteiger partial charge in [-0.25, -0.2) is 10.2 Å². The normalized spacial score (nSPS) is 10.8. The van der Waals surface area contributed by atoms with Gasteiger partial charge >= 0.3 is 6.03 Å². The maximum absolute atomic E-state index is 10.7. The van der Waals surface area contributed by atoms with Gasteiger partial charge in [0.25, 0.3) is 0 Å². The Balaban J connectivity index is 4.13. The molecule has 0 aliphatic rings. The van der Waals surface area contributed by atoms with Crippen LogP contribution < -0.4 is 11.2 Å². The van der Waals surface area contributed by atoms with Crippen LogP contribution in [0.3, 0.4) is 0 Å². The molecule has 0 unspecified atom stereocenters. The van der Waals surface area contributed by atoms with E-state index in [0.717, 1.165) is 0 Å². The molecule has 0 fully saturated rings. The first-order valence-electron chi connectivity index (χ1n) is 3.80. The minimum atomic E-state index is -0.791. The van der Waals surface area contributed by atoms with Crippen LogP contribution in [-0.4, -0.2) is 24.3 Å². The standard InChI is InChI=1S/C7H13N3O3/c1-3-13-6(4-5(2)11)9-10-7(8)12/h3-4H2,1-2H3,(H3,8,10,12). The van der Waals surface area contributed by atoms with Crippen molar-refractivity contribution in [1.82, 2.24) is 5.43 Å². The summed E-state index contributed by atoms with van der Waals surface area (Å²) in [7, 11) is 0. The summed E-state index contributed by atoms with van der Waals surface area (Å²) < 4.78 is 4.96. The predicted octanol–water partition coefficient (Wildman–Crippen LogP) is -0.0162. The van der Waals surface area contributed by atoms with Gasteiger partial charge in [0.1, 0.15) is 5.78 Å². The molecule has 0 saturated carbocycles. The van der Waals surface area contributed by atoms with Crippen molar-refractivity contribution in [2.75, 3.05) is 6.61 Å². The summed E-state index contributed by atoms with van der Waals surface area (Å²) in [5.41, 5.74) is 6.76. The molecule has 0 rings (SSSR count). The van der Waals surface area contributed by atoms with Gasteiger partial charge in [-0.1, -0.05) is 0 Å². The fraction of sp³-hybridized carbons (Fsp3) is 0.571. The van der Waals surface area contributed by atoms with Crippen LogP contribution in [0.2, 0.25) is 0 Å². The molecular formula is C7H13N3O3. The van der Waals surface area contributed by atoms with E-state index in [2.05, 4.69) is 5.10 Å². The zero-order valence-corrected chi connectivity index (χ0v) is 7.66.